The first-order chi connectivity index (χ1) is 3.66. The van der Waals surface area contributed by atoms with Crippen molar-refractivity contribution >= 4 is 22.2 Å². The van der Waals surface area contributed by atoms with Crippen molar-refractivity contribution in [3.05, 3.63) is 11.1 Å². The van der Waals surface area contributed by atoms with Crippen molar-refractivity contribution in [1.82, 2.24) is 0 Å². The molecule has 0 heterocycles. The average Bonchev–Trinajstić information content (AvgIpc) is 1.65. The summed E-state index contributed by atoms with van der Waals surface area (Å²) in [4.78, 5) is 9.98. The number of allylic oxidation sites excluding steroid dienone is 1. The van der Waals surface area contributed by atoms with Crippen molar-refractivity contribution < 1.29 is 4.79 Å². The van der Waals surface area contributed by atoms with Crippen molar-refractivity contribution in [2.45, 2.75) is 13.3 Å². The third kappa shape index (κ3) is 4.06. The molecule has 0 aliphatic heterocycles. The molecule has 0 bridgehead atoms. The monoisotopic (exact) mass is 176 g/mol. The van der Waals surface area contributed by atoms with Crippen LogP contribution in [0.25, 0.3) is 0 Å². The highest BCUT2D eigenvalue weighted by atomic mass is 79.9. The van der Waals surface area contributed by atoms with Crippen LogP contribution in [0.1, 0.15) is 13.3 Å². The highest BCUT2D eigenvalue weighted by molar-refractivity contribution is 9.11. The summed E-state index contributed by atoms with van der Waals surface area (Å²) < 4.78 is 0.886. The molecule has 46 valence electrons. The van der Waals surface area contributed by atoms with Crippen LogP contribution in [0, 0.1) is 5.92 Å². The number of carbonyl (C=O) groups excluding carboxylic acids is 1. The third-order valence-corrected chi connectivity index (χ3v) is 1.10. The van der Waals surface area contributed by atoms with Crippen molar-refractivity contribution in [2.75, 3.05) is 0 Å². The van der Waals surface area contributed by atoms with E-state index in [0.29, 0.717) is 0 Å². The molecular weight excluding hydrogens is 168 g/mol. The first-order valence-electron chi connectivity index (χ1n) is 2.45. The summed E-state index contributed by atoms with van der Waals surface area (Å²) >= 11 is 3.16. The molecule has 0 radical (unpaired) electrons. The Balaban J connectivity index is 3.38. The summed E-state index contributed by atoms with van der Waals surface area (Å²) in [6.45, 7) is 5.46. The van der Waals surface area contributed by atoms with Gasteiger partial charge in [-0.3, -0.25) is 0 Å². The largest absolute Gasteiger partial charge is 0.303 e. The van der Waals surface area contributed by atoms with Gasteiger partial charge in [0.1, 0.15) is 6.29 Å². The minimum absolute atomic E-state index is 0.0990. The Morgan fingerprint density at radius 3 is 2.62 bits per heavy atom. The zero-order valence-corrected chi connectivity index (χ0v) is 6.44. The fourth-order valence-corrected chi connectivity index (χ4v) is 0.908. The molecule has 0 N–H and O–H groups in total. The second-order valence-electron chi connectivity index (χ2n) is 1.83. The number of halogens is 1. The van der Waals surface area contributed by atoms with Crippen LogP contribution in [0.4, 0.5) is 0 Å². The van der Waals surface area contributed by atoms with Crippen LogP contribution in [-0.4, -0.2) is 6.29 Å². The quantitative estimate of drug-likeness (QED) is 0.603. The van der Waals surface area contributed by atoms with Gasteiger partial charge in [-0.2, -0.15) is 0 Å². The highest BCUT2D eigenvalue weighted by Crippen LogP contribution is 2.12. The maximum absolute atomic E-state index is 9.98. The molecule has 0 aliphatic carbocycles. The van der Waals surface area contributed by atoms with E-state index in [-0.39, 0.29) is 5.92 Å². The van der Waals surface area contributed by atoms with Gasteiger partial charge in [0, 0.05) is 5.92 Å². The van der Waals surface area contributed by atoms with Gasteiger partial charge in [-0.05, 0) is 10.9 Å². The topological polar surface area (TPSA) is 17.1 Å². The predicted octanol–water partition coefficient (Wildman–Crippen LogP) is 2.12. The average molecular weight is 177 g/mol. The molecule has 0 aromatic carbocycles. The lowest BCUT2D eigenvalue weighted by molar-refractivity contribution is -0.110. The Bertz CT molecular complexity index is 98.7. The van der Waals surface area contributed by atoms with E-state index in [1.54, 1.807) is 0 Å². The molecule has 0 aliphatic rings. The standard InChI is InChI=1S/C6H9BrO/c1-5(4-8)3-6(2)7/h4-5H,2-3H2,1H3/t5-/m1/s1. The van der Waals surface area contributed by atoms with Crippen LogP contribution in [0.15, 0.2) is 11.1 Å². The summed E-state index contributed by atoms with van der Waals surface area (Å²) in [5.74, 6) is 0.0990. The molecule has 0 saturated heterocycles. The van der Waals surface area contributed by atoms with Crippen molar-refractivity contribution in [3.8, 4) is 0 Å². The van der Waals surface area contributed by atoms with Crippen LogP contribution in [0.5, 0.6) is 0 Å². The van der Waals surface area contributed by atoms with E-state index in [1.807, 2.05) is 6.92 Å². The van der Waals surface area contributed by atoms with Gasteiger partial charge in [0.2, 0.25) is 0 Å². The van der Waals surface area contributed by atoms with Crippen LogP contribution in [0.2, 0.25) is 0 Å². The molecule has 0 aromatic rings. The number of hydrogen-bond donors (Lipinski definition) is 0. The van der Waals surface area contributed by atoms with Gasteiger partial charge >= 0.3 is 0 Å². The van der Waals surface area contributed by atoms with E-state index in [2.05, 4.69) is 22.5 Å². The van der Waals surface area contributed by atoms with Crippen LogP contribution in [-0.2, 0) is 4.79 Å². The van der Waals surface area contributed by atoms with Crippen molar-refractivity contribution in [1.29, 1.82) is 0 Å². The Kier molecular flexibility index (Phi) is 3.79. The maximum atomic E-state index is 9.98. The van der Waals surface area contributed by atoms with Gasteiger partial charge in [-0.25, -0.2) is 0 Å². The Morgan fingerprint density at radius 2 is 2.50 bits per heavy atom. The molecule has 1 atom stereocenters. The lowest BCUT2D eigenvalue weighted by Gasteiger charge is -1.97. The van der Waals surface area contributed by atoms with Crippen molar-refractivity contribution in [2.24, 2.45) is 5.92 Å². The molecular formula is C6H9BrO. The van der Waals surface area contributed by atoms with Gasteiger partial charge in [0.15, 0.2) is 0 Å². The zero-order chi connectivity index (χ0) is 6.57. The predicted molar refractivity (Wildman–Crippen MR) is 37.9 cm³/mol. The molecule has 0 rings (SSSR count). The summed E-state index contributed by atoms with van der Waals surface area (Å²) in [5.41, 5.74) is 0. The Hall–Kier alpha value is -0.110. The molecule has 0 fully saturated rings. The molecule has 0 saturated carbocycles. The summed E-state index contributed by atoms with van der Waals surface area (Å²) in [7, 11) is 0. The van der Waals surface area contributed by atoms with E-state index in [9.17, 15) is 4.79 Å². The molecule has 8 heavy (non-hydrogen) atoms. The molecule has 1 nitrogen and oxygen atoms in total. The fourth-order valence-electron chi connectivity index (χ4n) is 0.397. The van der Waals surface area contributed by atoms with E-state index in [4.69, 9.17) is 0 Å². The number of rotatable bonds is 3. The Labute approximate surface area is 57.9 Å². The van der Waals surface area contributed by atoms with E-state index < -0.39 is 0 Å². The van der Waals surface area contributed by atoms with Crippen molar-refractivity contribution in [3.63, 3.8) is 0 Å². The minimum Gasteiger partial charge on any atom is -0.303 e. The second-order valence-corrected chi connectivity index (χ2v) is 2.96. The Morgan fingerprint density at radius 1 is 2.00 bits per heavy atom. The second kappa shape index (κ2) is 3.84. The summed E-state index contributed by atoms with van der Waals surface area (Å²) in [6, 6.07) is 0. The van der Waals surface area contributed by atoms with E-state index in [0.717, 1.165) is 17.2 Å². The molecule has 2 heteroatoms. The first kappa shape index (κ1) is 7.89. The molecule has 0 unspecified atom stereocenters. The number of carbonyl (C=O) groups is 1. The zero-order valence-electron chi connectivity index (χ0n) is 4.86. The van der Waals surface area contributed by atoms with Gasteiger partial charge in [0.05, 0.1) is 0 Å². The smallest absolute Gasteiger partial charge is 0.123 e. The van der Waals surface area contributed by atoms with Crippen LogP contribution < -0.4 is 0 Å². The summed E-state index contributed by atoms with van der Waals surface area (Å²) in [6.07, 6.45) is 1.66. The summed E-state index contributed by atoms with van der Waals surface area (Å²) in [5, 5.41) is 0. The lowest BCUT2D eigenvalue weighted by Crippen LogP contribution is -1.93. The number of aldehydes is 1. The molecule has 0 aromatic heterocycles. The SMILES string of the molecule is C=C(Br)C[C@@H](C)C=O. The fraction of sp³-hybridized carbons (Fsp3) is 0.500. The maximum Gasteiger partial charge on any atom is 0.123 e. The lowest BCUT2D eigenvalue weighted by atomic mass is 10.1. The normalized spacial score (nSPS) is 12.8. The van der Waals surface area contributed by atoms with E-state index in [1.165, 1.54) is 0 Å². The van der Waals surface area contributed by atoms with Crippen LogP contribution >= 0.6 is 15.9 Å². The molecule has 0 spiro atoms. The highest BCUT2D eigenvalue weighted by Gasteiger charge is 1.97. The van der Waals surface area contributed by atoms with Gasteiger partial charge in [-0.1, -0.05) is 29.4 Å². The van der Waals surface area contributed by atoms with Gasteiger partial charge < -0.3 is 4.79 Å². The minimum atomic E-state index is 0.0990. The van der Waals surface area contributed by atoms with E-state index >= 15 is 0 Å². The third-order valence-electron chi connectivity index (χ3n) is 0.776. The van der Waals surface area contributed by atoms with Gasteiger partial charge in [0.25, 0.3) is 0 Å². The van der Waals surface area contributed by atoms with Crippen LogP contribution in [0.3, 0.4) is 0 Å². The molecule has 0 amide bonds. The van der Waals surface area contributed by atoms with Gasteiger partial charge in [-0.15, -0.1) is 0 Å². The number of hydrogen-bond acceptors (Lipinski definition) is 1. The first-order valence-corrected chi connectivity index (χ1v) is 3.24.